The average molecular weight is 273 g/mol. The first kappa shape index (κ1) is 14.1. The van der Waals surface area contributed by atoms with Crippen LogP contribution in [0.4, 0.5) is 0 Å². The molecule has 0 bridgehead atoms. The highest BCUT2D eigenvalue weighted by atomic mass is 16.3. The van der Waals surface area contributed by atoms with Gasteiger partial charge in [0.2, 0.25) is 0 Å². The molecule has 0 aliphatic carbocycles. The number of nitrogens with one attached hydrogen (secondary N) is 1. The van der Waals surface area contributed by atoms with Crippen LogP contribution in [0.3, 0.4) is 0 Å². The van der Waals surface area contributed by atoms with E-state index in [4.69, 9.17) is 4.42 Å². The molecular formula is C15H19N3O2. The van der Waals surface area contributed by atoms with E-state index in [0.717, 1.165) is 11.3 Å². The van der Waals surface area contributed by atoms with Crippen LogP contribution in [0.1, 0.15) is 30.1 Å². The van der Waals surface area contributed by atoms with Gasteiger partial charge in [-0.1, -0.05) is 12.2 Å². The van der Waals surface area contributed by atoms with Gasteiger partial charge in [0.15, 0.2) is 11.5 Å². The van der Waals surface area contributed by atoms with Gasteiger partial charge in [0.1, 0.15) is 11.5 Å². The number of furan rings is 1. The molecule has 2 aromatic heterocycles. The predicted molar refractivity (Wildman–Crippen MR) is 77.4 cm³/mol. The van der Waals surface area contributed by atoms with Gasteiger partial charge < -0.3 is 9.32 Å². The Labute approximate surface area is 118 Å². The first-order valence-corrected chi connectivity index (χ1v) is 6.57. The molecule has 1 N–H and O–H groups in total. The number of amides is 1. The van der Waals surface area contributed by atoms with Crippen molar-refractivity contribution in [1.29, 1.82) is 0 Å². The van der Waals surface area contributed by atoms with Crippen LogP contribution in [-0.4, -0.2) is 34.1 Å². The van der Waals surface area contributed by atoms with Crippen LogP contribution in [0.25, 0.3) is 11.5 Å². The van der Waals surface area contributed by atoms with Crippen LogP contribution < -0.4 is 0 Å². The van der Waals surface area contributed by atoms with Crippen molar-refractivity contribution in [2.24, 2.45) is 0 Å². The Kier molecular flexibility index (Phi) is 4.08. The molecule has 5 nitrogen and oxygen atoms in total. The summed E-state index contributed by atoms with van der Waals surface area (Å²) < 4.78 is 5.50. The summed E-state index contributed by atoms with van der Waals surface area (Å²) in [7, 11) is 0. The van der Waals surface area contributed by atoms with Crippen molar-refractivity contribution >= 4 is 5.91 Å². The van der Waals surface area contributed by atoms with Crippen molar-refractivity contribution in [1.82, 2.24) is 15.1 Å². The summed E-state index contributed by atoms with van der Waals surface area (Å²) in [5.41, 5.74) is 2.03. The van der Waals surface area contributed by atoms with Gasteiger partial charge in [-0.3, -0.25) is 9.89 Å². The number of rotatable bonds is 5. The maximum absolute atomic E-state index is 12.3. The van der Waals surface area contributed by atoms with E-state index in [9.17, 15) is 4.79 Å². The zero-order valence-corrected chi connectivity index (χ0v) is 12.1. The Morgan fingerprint density at radius 3 is 2.80 bits per heavy atom. The lowest BCUT2D eigenvalue weighted by Gasteiger charge is -2.19. The summed E-state index contributed by atoms with van der Waals surface area (Å²) in [5, 5.41) is 6.91. The minimum absolute atomic E-state index is 0.110. The summed E-state index contributed by atoms with van der Waals surface area (Å²) in [4.78, 5) is 14.0. The van der Waals surface area contributed by atoms with Crippen molar-refractivity contribution in [3.8, 4) is 11.5 Å². The number of carbonyl (C=O) groups excluding carboxylic acids is 1. The zero-order valence-electron chi connectivity index (χ0n) is 12.1. The van der Waals surface area contributed by atoms with E-state index in [1.54, 1.807) is 11.0 Å². The number of aromatic nitrogens is 2. The van der Waals surface area contributed by atoms with Crippen LogP contribution in [0, 0.1) is 6.92 Å². The fourth-order valence-corrected chi connectivity index (χ4v) is 1.95. The Bertz CT molecular complexity index is 625. The van der Waals surface area contributed by atoms with Gasteiger partial charge in [-0.15, -0.1) is 0 Å². The smallest absolute Gasteiger partial charge is 0.274 e. The normalized spacial score (nSPS) is 10.6. The minimum atomic E-state index is -0.110. The van der Waals surface area contributed by atoms with Crippen molar-refractivity contribution in [2.45, 2.75) is 20.8 Å². The van der Waals surface area contributed by atoms with Gasteiger partial charge in [0.05, 0.1) is 0 Å². The van der Waals surface area contributed by atoms with E-state index in [2.05, 4.69) is 16.8 Å². The first-order valence-electron chi connectivity index (χ1n) is 6.57. The molecule has 0 aliphatic heterocycles. The quantitative estimate of drug-likeness (QED) is 0.852. The summed E-state index contributed by atoms with van der Waals surface area (Å²) in [5.74, 6) is 1.39. The molecule has 106 valence electrons. The topological polar surface area (TPSA) is 62.1 Å². The van der Waals surface area contributed by atoms with Crippen molar-refractivity contribution in [2.75, 3.05) is 13.1 Å². The lowest BCUT2D eigenvalue weighted by atomic mass is 10.2. The molecule has 0 atom stereocenters. The summed E-state index contributed by atoms with van der Waals surface area (Å²) >= 11 is 0. The minimum Gasteiger partial charge on any atom is -0.460 e. The van der Waals surface area contributed by atoms with E-state index >= 15 is 0 Å². The van der Waals surface area contributed by atoms with E-state index in [1.165, 1.54) is 0 Å². The fourth-order valence-electron chi connectivity index (χ4n) is 1.95. The highest BCUT2D eigenvalue weighted by Gasteiger charge is 2.18. The number of likely N-dealkylation sites (N-methyl/N-ethyl adjacent to an activating group) is 1. The van der Waals surface area contributed by atoms with E-state index < -0.39 is 0 Å². The number of hydrogen-bond donors (Lipinski definition) is 1. The first-order chi connectivity index (χ1) is 9.51. The van der Waals surface area contributed by atoms with Gasteiger partial charge in [-0.25, -0.2) is 0 Å². The fraction of sp³-hybridized carbons (Fsp3) is 0.333. The molecule has 0 fully saturated rings. The Balaban J connectivity index is 2.19. The van der Waals surface area contributed by atoms with Crippen LogP contribution >= 0.6 is 0 Å². The SMILES string of the molecule is C=C(C)CN(CC)C(=O)c1cc(-c2ccc(C)o2)[nH]n1. The number of hydrogen-bond acceptors (Lipinski definition) is 3. The Morgan fingerprint density at radius 2 is 2.25 bits per heavy atom. The van der Waals surface area contributed by atoms with Gasteiger partial charge in [0, 0.05) is 19.2 Å². The van der Waals surface area contributed by atoms with Crippen molar-refractivity contribution in [3.63, 3.8) is 0 Å². The predicted octanol–water partition coefficient (Wildman–Crippen LogP) is 3.02. The molecule has 0 aromatic carbocycles. The Morgan fingerprint density at radius 1 is 1.50 bits per heavy atom. The molecule has 0 spiro atoms. The van der Waals surface area contributed by atoms with Gasteiger partial charge >= 0.3 is 0 Å². The third-order valence-corrected chi connectivity index (χ3v) is 2.93. The van der Waals surface area contributed by atoms with Gasteiger partial charge in [-0.2, -0.15) is 5.10 Å². The van der Waals surface area contributed by atoms with E-state index in [-0.39, 0.29) is 5.91 Å². The highest BCUT2D eigenvalue weighted by molar-refractivity contribution is 5.93. The second-order valence-corrected chi connectivity index (χ2v) is 4.85. The Hall–Kier alpha value is -2.30. The molecule has 2 aromatic rings. The number of carbonyl (C=O) groups is 1. The van der Waals surface area contributed by atoms with Crippen LogP contribution in [0.2, 0.25) is 0 Å². The third kappa shape index (κ3) is 2.99. The number of nitrogens with zero attached hydrogens (tertiary/aromatic N) is 2. The zero-order chi connectivity index (χ0) is 14.7. The molecule has 0 unspecified atom stereocenters. The monoisotopic (exact) mass is 273 g/mol. The number of aromatic amines is 1. The molecule has 20 heavy (non-hydrogen) atoms. The molecule has 0 saturated heterocycles. The second kappa shape index (κ2) is 5.77. The maximum atomic E-state index is 12.3. The molecule has 0 aliphatic rings. The number of H-pyrrole nitrogens is 1. The average Bonchev–Trinajstić information content (AvgIpc) is 3.03. The molecule has 2 rings (SSSR count). The van der Waals surface area contributed by atoms with Crippen molar-refractivity contribution in [3.05, 3.63) is 41.8 Å². The molecule has 2 heterocycles. The molecule has 5 heteroatoms. The maximum Gasteiger partial charge on any atom is 0.274 e. The number of aryl methyl sites for hydroxylation is 1. The lowest BCUT2D eigenvalue weighted by Crippen LogP contribution is -2.32. The van der Waals surface area contributed by atoms with E-state index in [1.807, 2.05) is 32.9 Å². The van der Waals surface area contributed by atoms with Crippen LogP contribution in [-0.2, 0) is 0 Å². The summed E-state index contributed by atoms with van der Waals surface area (Å²) in [6.45, 7) is 10.7. The molecule has 0 saturated carbocycles. The summed E-state index contributed by atoms with van der Waals surface area (Å²) in [6, 6.07) is 5.43. The molecule has 0 radical (unpaired) electrons. The molecule has 1 amide bonds. The van der Waals surface area contributed by atoms with Gasteiger partial charge in [-0.05, 0) is 32.9 Å². The van der Waals surface area contributed by atoms with Crippen molar-refractivity contribution < 1.29 is 9.21 Å². The standard InChI is InChI=1S/C15H19N3O2/c1-5-18(9-10(2)3)15(19)13-8-12(16-17-13)14-7-6-11(4)20-14/h6-8H,2,5,9H2,1,3-4H3,(H,16,17). The molecular weight excluding hydrogens is 254 g/mol. The summed E-state index contributed by atoms with van der Waals surface area (Å²) in [6.07, 6.45) is 0. The highest BCUT2D eigenvalue weighted by Crippen LogP contribution is 2.20. The lowest BCUT2D eigenvalue weighted by molar-refractivity contribution is 0.0772. The van der Waals surface area contributed by atoms with Crippen LogP contribution in [0.15, 0.2) is 34.8 Å². The third-order valence-electron chi connectivity index (χ3n) is 2.93. The second-order valence-electron chi connectivity index (χ2n) is 4.85. The largest absolute Gasteiger partial charge is 0.460 e. The van der Waals surface area contributed by atoms with E-state index in [0.29, 0.717) is 30.2 Å². The van der Waals surface area contributed by atoms with Crippen LogP contribution in [0.5, 0.6) is 0 Å². The van der Waals surface area contributed by atoms with Gasteiger partial charge in [0.25, 0.3) is 5.91 Å².